The van der Waals surface area contributed by atoms with Gasteiger partial charge in [0.2, 0.25) is 10.0 Å². The first-order valence-corrected chi connectivity index (χ1v) is 10.4. The Bertz CT molecular complexity index is 1290. The highest BCUT2D eigenvalue weighted by Crippen LogP contribution is 2.42. The van der Waals surface area contributed by atoms with Crippen LogP contribution in [0.25, 0.3) is 10.8 Å². The number of aromatic hydroxyl groups is 1. The summed E-state index contributed by atoms with van der Waals surface area (Å²) in [7, 11) is -2.61. The van der Waals surface area contributed by atoms with Gasteiger partial charge in [0.15, 0.2) is 11.9 Å². The molecule has 3 rings (SSSR count). The van der Waals surface area contributed by atoms with Gasteiger partial charge >= 0.3 is 5.97 Å². The predicted molar refractivity (Wildman–Crippen MR) is 112 cm³/mol. The third-order valence-electron chi connectivity index (χ3n) is 4.35. The smallest absolute Gasteiger partial charge is 0.344 e. The topological polar surface area (TPSA) is 161 Å². The number of rotatable bonds is 7. The summed E-state index contributed by atoms with van der Waals surface area (Å²) in [4.78, 5) is 11.0. The molecule has 0 bridgehead atoms. The van der Waals surface area contributed by atoms with E-state index in [1.165, 1.54) is 38.3 Å². The van der Waals surface area contributed by atoms with Crippen LogP contribution in [0.1, 0.15) is 6.92 Å². The van der Waals surface area contributed by atoms with Crippen LogP contribution in [0.3, 0.4) is 0 Å². The highest BCUT2D eigenvalue weighted by Gasteiger charge is 2.18. The Kier molecular flexibility index (Phi) is 6.09. The van der Waals surface area contributed by atoms with E-state index in [-0.39, 0.29) is 33.5 Å². The lowest BCUT2D eigenvalue weighted by atomic mass is 10.1. The van der Waals surface area contributed by atoms with Crippen LogP contribution in [0.15, 0.2) is 63.7 Å². The Labute approximate surface area is 177 Å². The molecule has 0 aliphatic rings. The molecule has 0 heterocycles. The van der Waals surface area contributed by atoms with Gasteiger partial charge in [-0.2, -0.15) is 0 Å². The number of nitrogens with two attached hydrogens (primary N) is 1. The summed E-state index contributed by atoms with van der Waals surface area (Å²) in [6.45, 7) is 1.37. The fourth-order valence-electron chi connectivity index (χ4n) is 2.76. The lowest BCUT2D eigenvalue weighted by molar-refractivity contribution is -0.144. The number of carboxylic acid groups (broad SMARTS) is 1. The van der Waals surface area contributed by atoms with Gasteiger partial charge < -0.3 is 19.7 Å². The molecule has 1 unspecified atom stereocenters. The summed E-state index contributed by atoms with van der Waals surface area (Å²) in [5.41, 5.74) is 0.0392. The molecule has 0 radical (unpaired) electrons. The lowest BCUT2D eigenvalue weighted by Gasteiger charge is -2.14. The first-order valence-electron chi connectivity index (χ1n) is 8.88. The van der Waals surface area contributed by atoms with E-state index in [4.69, 9.17) is 19.7 Å². The van der Waals surface area contributed by atoms with Crippen molar-refractivity contribution in [1.29, 1.82) is 0 Å². The average molecular weight is 445 g/mol. The van der Waals surface area contributed by atoms with Crippen LogP contribution in [0.4, 0.5) is 11.4 Å². The second kappa shape index (κ2) is 8.58. The summed E-state index contributed by atoms with van der Waals surface area (Å²) in [5, 5.41) is 33.8. The van der Waals surface area contributed by atoms with Crippen molar-refractivity contribution < 1.29 is 32.9 Å². The minimum atomic E-state index is -3.98. The monoisotopic (exact) mass is 445 g/mol. The first-order chi connectivity index (χ1) is 14.6. The lowest BCUT2D eigenvalue weighted by Crippen LogP contribution is -2.22. The molecular weight excluding hydrogens is 426 g/mol. The van der Waals surface area contributed by atoms with E-state index < -0.39 is 22.1 Å². The molecule has 0 aromatic heterocycles. The predicted octanol–water partition coefficient (Wildman–Crippen LogP) is 3.47. The minimum Gasteiger partial charge on any atom is -0.505 e. The van der Waals surface area contributed by atoms with Crippen LogP contribution in [0.5, 0.6) is 17.2 Å². The van der Waals surface area contributed by atoms with Gasteiger partial charge in [-0.15, -0.1) is 10.2 Å². The Balaban J connectivity index is 2.12. The van der Waals surface area contributed by atoms with Crippen LogP contribution >= 0.6 is 0 Å². The van der Waals surface area contributed by atoms with Crippen molar-refractivity contribution in [2.75, 3.05) is 7.11 Å². The van der Waals surface area contributed by atoms with Gasteiger partial charge in [0.1, 0.15) is 22.9 Å². The number of hydrogen-bond acceptors (Lipinski definition) is 8. The van der Waals surface area contributed by atoms with E-state index in [1.54, 1.807) is 24.3 Å². The molecule has 11 heteroatoms. The van der Waals surface area contributed by atoms with Crippen molar-refractivity contribution in [3.63, 3.8) is 0 Å². The molecule has 162 valence electrons. The Morgan fingerprint density at radius 3 is 2.29 bits per heavy atom. The van der Waals surface area contributed by atoms with Gasteiger partial charge in [-0.1, -0.05) is 24.3 Å². The van der Waals surface area contributed by atoms with Crippen molar-refractivity contribution in [2.45, 2.75) is 17.9 Å². The second-order valence-electron chi connectivity index (χ2n) is 6.47. The van der Waals surface area contributed by atoms with Gasteiger partial charge in [-0.25, -0.2) is 18.4 Å². The van der Waals surface area contributed by atoms with Crippen LogP contribution in [0.2, 0.25) is 0 Å². The maximum absolute atomic E-state index is 11.6. The van der Waals surface area contributed by atoms with Crippen LogP contribution < -0.4 is 14.6 Å². The zero-order valence-corrected chi connectivity index (χ0v) is 17.3. The number of hydrogen-bond donors (Lipinski definition) is 3. The molecule has 0 spiro atoms. The standard InChI is InChI=1S/C20H19N3O7S/c1-11(20(25)26)30-18-10-16(19(24)14-6-4-3-5-13(14)18)23-22-15-9-12(31(21,27)28)7-8-17(15)29-2/h3-11,24H,1-2H3,(H,25,26)(H2,21,27,28). The quantitative estimate of drug-likeness (QED) is 0.469. The van der Waals surface area contributed by atoms with E-state index in [2.05, 4.69) is 10.2 Å². The van der Waals surface area contributed by atoms with E-state index in [0.717, 1.165) is 0 Å². The summed E-state index contributed by atoms with van der Waals surface area (Å²) in [5.74, 6) is -0.962. The number of nitrogens with zero attached hydrogens (tertiary/aromatic N) is 2. The van der Waals surface area contributed by atoms with Gasteiger partial charge in [-0.3, -0.25) is 0 Å². The summed E-state index contributed by atoms with van der Waals surface area (Å²) in [6.07, 6.45) is -1.15. The molecule has 0 fully saturated rings. The number of carbonyl (C=O) groups is 1. The molecule has 1 atom stereocenters. The fraction of sp³-hybridized carbons (Fsp3) is 0.150. The second-order valence-corrected chi connectivity index (χ2v) is 8.03. The number of methoxy groups -OCH3 is 1. The molecule has 0 aliphatic heterocycles. The number of sulfonamides is 1. The number of carboxylic acids is 1. The maximum Gasteiger partial charge on any atom is 0.344 e. The Morgan fingerprint density at radius 1 is 1.03 bits per heavy atom. The van der Waals surface area contributed by atoms with Crippen molar-refractivity contribution in [3.05, 3.63) is 48.5 Å². The number of benzene rings is 3. The maximum atomic E-state index is 11.6. The SMILES string of the molecule is COc1ccc(S(N)(=O)=O)cc1N=Nc1cc(OC(C)C(=O)O)c2ccccc2c1O. The molecule has 31 heavy (non-hydrogen) atoms. The van der Waals surface area contributed by atoms with E-state index >= 15 is 0 Å². The molecule has 0 aliphatic carbocycles. The highest BCUT2D eigenvalue weighted by atomic mass is 32.2. The van der Waals surface area contributed by atoms with E-state index in [1.807, 2.05) is 0 Å². The zero-order valence-electron chi connectivity index (χ0n) is 16.5. The number of phenolic OH excluding ortho intramolecular Hbond substituents is 1. The highest BCUT2D eigenvalue weighted by molar-refractivity contribution is 7.89. The van der Waals surface area contributed by atoms with Gasteiger partial charge in [0.25, 0.3) is 0 Å². The summed E-state index contributed by atoms with van der Waals surface area (Å²) >= 11 is 0. The molecule has 4 N–H and O–H groups in total. The third-order valence-corrected chi connectivity index (χ3v) is 5.26. The Hall–Kier alpha value is -3.70. The number of primary sulfonamides is 1. The minimum absolute atomic E-state index is 0.0191. The van der Waals surface area contributed by atoms with Crippen molar-refractivity contribution >= 4 is 38.1 Å². The molecule has 0 saturated heterocycles. The van der Waals surface area contributed by atoms with Crippen LogP contribution in [-0.2, 0) is 14.8 Å². The van der Waals surface area contributed by atoms with Crippen molar-refractivity contribution in [2.24, 2.45) is 15.4 Å². The van der Waals surface area contributed by atoms with Crippen LogP contribution in [0, 0.1) is 0 Å². The van der Waals surface area contributed by atoms with Crippen LogP contribution in [-0.4, -0.2) is 37.8 Å². The largest absolute Gasteiger partial charge is 0.505 e. The van der Waals surface area contributed by atoms with Gasteiger partial charge in [0, 0.05) is 16.8 Å². The molecule has 10 nitrogen and oxygen atoms in total. The van der Waals surface area contributed by atoms with Crippen molar-refractivity contribution in [3.8, 4) is 17.2 Å². The van der Waals surface area contributed by atoms with E-state index in [9.17, 15) is 18.3 Å². The van der Waals surface area contributed by atoms with E-state index in [0.29, 0.717) is 10.8 Å². The molecule has 0 amide bonds. The van der Waals surface area contributed by atoms with Crippen molar-refractivity contribution in [1.82, 2.24) is 0 Å². The summed E-state index contributed by atoms with van der Waals surface area (Å²) < 4.78 is 33.9. The number of phenols is 1. The molecular formula is C20H19N3O7S. The number of azo groups is 1. The first kappa shape index (κ1) is 22.0. The molecule has 0 saturated carbocycles. The summed E-state index contributed by atoms with van der Waals surface area (Å²) in [6, 6.07) is 11.8. The number of ether oxygens (including phenoxy) is 2. The fourth-order valence-corrected chi connectivity index (χ4v) is 3.29. The third kappa shape index (κ3) is 4.73. The average Bonchev–Trinajstić information content (AvgIpc) is 2.73. The Morgan fingerprint density at radius 2 is 1.68 bits per heavy atom. The zero-order chi connectivity index (χ0) is 22.8. The molecule has 3 aromatic rings. The van der Waals surface area contributed by atoms with Gasteiger partial charge in [0.05, 0.1) is 12.0 Å². The van der Waals surface area contributed by atoms with Gasteiger partial charge in [-0.05, 0) is 25.1 Å². The number of fused-ring (bicyclic) bond motifs is 1. The normalized spacial score (nSPS) is 12.7. The molecule has 3 aromatic carbocycles. The number of aliphatic carboxylic acids is 1.